The van der Waals surface area contributed by atoms with E-state index in [2.05, 4.69) is 47.5 Å². The monoisotopic (exact) mass is 451 g/mol. The summed E-state index contributed by atoms with van der Waals surface area (Å²) < 4.78 is 1.92. The first kappa shape index (κ1) is 16.2. The zero-order valence-electron chi connectivity index (χ0n) is 11.7. The molecule has 1 heterocycles. The van der Waals surface area contributed by atoms with Crippen LogP contribution in [0.15, 0.2) is 62.9 Å². The van der Waals surface area contributed by atoms with Crippen LogP contribution < -0.4 is 10.6 Å². The van der Waals surface area contributed by atoms with Crippen LogP contribution in [0.4, 0.5) is 15.6 Å². The third-order valence-electron chi connectivity index (χ3n) is 2.95. The number of aromatic nitrogens is 1. The van der Waals surface area contributed by atoms with E-state index in [0.717, 1.165) is 20.2 Å². The Balaban J connectivity index is 1.66. The lowest BCUT2D eigenvalue weighted by molar-refractivity contribution is 0.262. The summed E-state index contributed by atoms with van der Waals surface area (Å²) in [7, 11) is 0. The van der Waals surface area contributed by atoms with Crippen LogP contribution in [0.25, 0.3) is 11.3 Å². The zero-order valence-corrected chi connectivity index (χ0v) is 15.7. The van der Waals surface area contributed by atoms with E-state index in [-0.39, 0.29) is 6.03 Å². The summed E-state index contributed by atoms with van der Waals surface area (Å²) >= 11 is 8.16. The van der Waals surface area contributed by atoms with Gasteiger partial charge in [-0.15, -0.1) is 11.3 Å². The molecule has 3 aromatic rings. The van der Waals surface area contributed by atoms with E-state index in [0.29, 0.717) is 10.8 Å². The van der Waals surface area contributed by atoms with Crippen LogP contribution >= 0.6 is 43.2 Å². The minimum absolute atomic E-state index is 0.320. The van der Waals surface area contributed by atoms with Crippen LogP contribution in [-0.4, -0.2) is 11.0 Å². The number of hydrogen-bond acceptors (Lipinski definition) is 3. The van der Waals surface area contributed by atoms with Crippen molar-refractivity contribution in [1.29, 1.82) is 0 Å². The predicted octanol–water partition coefficient (Wildman–Crippen LogP) is 5.98. The van der Waals surface area contributed by atoms with Gasteiger partial charge in [0, 0.05) is 25.6 Å². The van der Waals surface area contributed by atoms with Crippen molar-refractivity contribution in [2.75, 3.05) is 10.6 Å². The van der Waals surface area contributed by atoms with E-state index in [1.165, 1.54) is 11.3 Å². The zero-order chi connectivity index (χ0) is 16.2. The minimum atomic E-state index is -0.320. The highest BCUT2D eigenvalue weighted by Gasteiger charge is 2.08. The van der Waals surface area contributed by atoms with Crippen LogP contribution in [0.5, 0.6) is 0 Å². The molecule has 2 aromatic carbocycles. The molecule has 0 aliphatic rings. The fourth-order valence-corrected chi connectivity index (χ4v) is 3.29. The molecular weight excluding hydrogens is 442 g/mol. The number of hydrogen-bond donors (Lipinski definition) is 2. The molecule has 4 nitrogen and oxygen atoms in total. The molecule has 0 aliphatic carbocycles. The molecule has 1 aromatic heterocycles. The summed E-state index contributed by atoms with van der Waals surface area (Å²) in [5.74, 6) is 0. The van der Waals surface area contributed by atoms with E-state index in [1.54, 1.807) is 0 Å². The second kappa shape index (κ2) is 7.25. The molecule has 116 valence electrons. The van der Waals surface area contributed by atoms with Crippen molar-refractivity contribution in [1.82, 2.24) is 4.98 Å². The van der Waals surface area contributed by atoms with Gasteiger partial charge in [-0.3, -0.25) is 5.32 Å². The van der Waals surface area contributed by atoms with E-state index in [9.17, 15) is 4.79 Å². The minimum Gasteiger partial charge on any atom is -0.308 e. The van der Waals surface area contributed by atoms with E-state index >= 15 is 0 Å². The summed E-state index contributed by atoms with van der Waals surface area (Å²) in [5.41, 5.74) is 2.55. The number of thiazole rings is 1. The Hall–Kier alpha value is -1.70. The highest BCUT2D eigenvalue weighted by atomic mass is 79.9. The Morgan fingerprint density at radius 2 is 1.78 bits per heavy atom. The fourth-order valence-electron chi connectivity index (χ4n) is 1.91. The van der Waals surface area contributed by atoms with Gasteiger partial charge in [0.05, 0.1) is 5.69 Å². The summed E-state index contributed by atoms with van der Waals surface area (Å²) in [6.07, 6.45) is 0. The highest BCUT2D eigenvalue weighted by Crippen LogP contribution is 2.26. The van der Waals surface area contributed by atoms with Gasteiger partial charge in [0.15, 0.2) is 5.13 Å². The molecule has 0 saturated heterocycles. The number of halogens is 2. The van der Waals surface area contributed by atoms with Gasteiger partial charge in [-0.05, 0) is 30.3 Å². The molecule has 0 unspecified atom stereocenters. The number of benzene rings is 2. The fraction of sp³-hybridized carbons (Fsp3) is 0. The maximum atomic E-state index is 12.0. The second-order valence-electron chi connectivity index (χ2n) is 4.63. The van der Waals surface area contributed by atoms with Crippen LogP contribution in [-0.2, 0) is 0 Å². The van der Waals surface area contributed by atoms with Crippen LogP contribution in [0.1, 0.15) is 0 Å². The number of rotatable bonds is 3. The number of carbonyl (C=O) groups is 1. The average Bonchev–Trinajstić information content (AvgIpc) is 2.96. The first-order chi connectivity index (χ1) is 11.1. The Kier molecular flexibility index (Phi) is 5.09. The number of anilines is 2. The number of nitrogens with zero attached hydrogens (tertiary/aromatic N) is 1. The summed E-state index contributed by atoms with van der Waals surface area (Å²) in [5, 5.41) is 7.98. The molecule has 0 saturated carbocycles. The number of amides is 2. The molecule has 0 fully saturated rings. The quantitative estimate of drug-likeness (QED) is 0.513. The van der Waals surface area contributed by atoms with Gasteiger partial charge in [0.2, 0.25) is 0 Å². The van der Waals surface area contributed by atoms with Crippen LogP contribution in [0.2, 0.25) is 0 Å². The SMILES string of the molecule is O=C(Nc1cccc(Br)c1)Nc1nc(-c2ccc(Br)cc2)cs1. The molecule has 0 atom stereocenters. The summed E-state index contributed by atoms with van der Waals surface area (Å²) in [6, 6.07) is 15.0. The van der Waals surface area contributed by atoms with E-state index < -0.39 is 0 Å². The molecule has 0 aliphatic heterocycles. The lowest BCUT2D eigenvalue weighted by atomic mass is 10.2. The summed E-state index contributed by atoms with van der Waals surface area (Å²) in [6.45, 7) is 0. The van der Waals surface area contributed by atoms with Crippen LogP contribution in [0.3, 0.4) is 0 Å². The van der Waals surface area contributed by atoms with Gasteiger partial charge >= 0.3 is 6.03 Å². The van der Waals surface area contributed by atoms with Crippen molar-refractivity contribution in [2.24, 2.45) is 0 Å². The van der Waals surface area contributed by atoms with Gasteiger partial charge in [0.1, 0.15) is 0 Å². The van der Waals surface area contributed by atoms with E-state index in [1.807, 2.05) is 53.9 Å². The van der Waals surface area contributed by atoms with Gasteiger partial charge in [-0.2, -0.15) is 0 Å². The standard InChI is InChI=1S/C16H11Br2N3OS/c17-11-6-4-10(5-7-11)14-9-23-16(20-14)21-15(22)19-13-3-1-2-12(18)8-13/h1-9H,(H2,19,20,21,22). The van der Waals surface area contributed by atoms with Crippen molar-refractivity contribution in [3.63, 3.8) is 0 Å². The number of nitrogens with one attached hydrogen (secondary N) is 2. The Morgan fingerprint density at radius 1 is 1.00 bits per heavy atom. The maximum absolute atomic E-state index is 12.0. The van der Waals surface area contributed by atoms with Gasteiger partial charge in [-0.25, -0.2) is 9.78 Å². The Labute approximate surface area is 154 Å². The van der Waals surface area contributed by atoms with Crippen molar-refractivity contribution in [3.8, 4) is 11.3 Å². The lowest BCUT2D eigenvalue weighted by Gasteiger charge is -2.05. The topological polar surface area (TPSA) is 54.0 Å². The molecule has 2 amide bonds. The molecule has 23 heavy (non-hydrogen) atoms. The smallest absolute Gasteiger partial charge is 0.308 e. The lowest BCUT2D eigenvalue weighted by Crippen LogP contribution is -2.19. The van der Waals surface area contributed by atoms with Gasteiger partial charge < -0.3 is 5.32 Å². The molecule has 3 rings (SSSR count). The maximum Gasteiger partial charge on any atom is 0.325 e. The molecule has 7 heteroatoms. The van der Waals surface area contributed by atoms with Gasteiger partial charge in [-0.1, -0.05) is 50.1 Å². The second-order valence-corrected chi connectivity index (χ2v) is 7.32. The van der Waals surface area contributed by atoms with Crippen molar-refractivity contribution >= 4 is 60.0 Å². The average molecular weight is 453 g/mol. The van der Waals surface area contributed by atoms with Crippen LogP contribution in [0, 0.1) is 0 Å². The Bertz CT molecular complexity index is 833. The molecule has 2 N–H and O–H groups in total. The third kappa shape index (κ3) is 4.40. The molecule has 0 radical (unpaired) electrons. The van der Waals surface area contributed by atoms with E-state index in [4.69, 9.17) is 0 Å². The van der Waals surface area contributed by atoms with Crippen molar-refractivity contribution < 1.29 is 4.79 Å². The first-order valence-electron chi connectivity index (χ1n) is 6.65. The molecule has 0 bridgehead atoms. The molecular formula is C16H11Br2N3OS. The first-order valence-corrected chi connectivity index (χ1v) is 9.12. The van der Waals surface area contributed by atoms with Crippen molar-refractivity contribution in [3.05, 3.63) is 62.9 Å². The predicted molar refractivity (Wildman–Crippen MR) is 102 cm³/mol. The highest BCUT2D eigenvalue weighted by molar-refractivity contribution is 9.10. The third-order valence-corrected chi connectivity index (χ3v) is 4.73. The molecule has 0 spiro atoms. The summed E-state index contributed by atoms with van der Waals surface area (Å²) in [4.78, 5) is 16.4. The number of urea groups is 1. The number of carbonyl (C=O) groups excluding carboxylic acids is 1. The van der Waals surface area contributed by atoms with Crippen molar-refractivity contribution in [2.45, 2.75) is 0 Å². The Morgan fingerprint density at radius 3 is 2.52 bits per heavy atom. The normalized spacial score (nSPS) is 10.3. The largest absolute Gasteiger partial charge is 0.325 e. The van der Waals surface area contributed by atoms with Gasteiger partial charge in [0.25, 0.3) is 0 Å².